The summed E-state index contributed by atoms with van der Waals surface area (Å²) in [6.07, 6.45) is -0.0139. The Balaban J connectivity index is 2.23. The molecule has 1 saturated carbocycles. The Morgan fingerprint density at radius 3 is 2.56 bits per heavy atom. The van der Waals surface area contributed by atoms with Gasteiger partial charge >= 0.3 is 0 Å². The molecular weight excluding hydrogens is 332 g/mol. The maximum atomic E-state index is 12.8. The number of aryl methyl sites for hydroxylation is 1. The summed E-state index contributed by atoms with van der Waals surface area (Å²) in [7, 11) is -2.48. The zero-order valence-electron chi connectivity index (χ0n) is 9.48. The summed E-state index contributed by atoms with van der Waals surface area (Å²) in [5.41, 5.74) is 0. The lowest BCUT2D eigenvalue weighted by Crippen LogP contribution is -2.41. The minimum Gasteiger partial charge on any atom is -0.273 e. The molecule has 5 nitrogen and oxygen atoms in total. The van der Waals surface area contributed by atoms with Gasteiger partial charge in [0.15, 0.2) is 0 Å². The molecule has 0 aliphatic heterocycles. The van der Waals surface area contributed by atoms with Crippen LogP contribution in [0.5, 0.6) is 0 Å². The number of alkyl halides is 2. The van der Waals surface area contributed by atoms with E-state index in [9.17, 15) is 17.2 Å². The molecule has 0 unspecified atom stereocenters. The van der Waals surface area contributed by atoms with Crippen LogP contribution in [0.2, 0.25) is 0 Å². The van der Waals surface area contributed by atoms with Gasteiger partial charge in [-0.25, -0.2) is 21.9 Å². The first-order valence-electron chi connectivity index (χ1n) is 5.31. The van der Waals surface area contributed by atoms with Crippen LogP contribution >= 0.6 is 15.9 Å². The molecule has 1 heterocycles. The molecule has 18 heavy (non-hydrogen) atoms. The predicted molar refractivity (Wildman–Crippen MR) is 63.7 cm³/mol. The van der Waals surface area contributed by atoms with Crippen LogP contribution in [0.3, 0.4) is 0 Å². The maximum absolute atomic E-state index is 12.8. The topological polar surface area (TPSA) is 64.0 Å². The van der Waals surface area contributed by atoms with E-state index in [0.717, 1.165) is 0 Å². The number of aromatic nitrogens is 2. The second kappa shape index (κ2) is 4.86. The molecule has 1 N–H and O–H groups in total. The van der Waals surface area contributed by atoms with Crippen LogP contribution in [0.1, 0.15) is 12.8 Å². The molecular formula is C9H12BrF2N3O2S. The van der Waals surface area contributed by atoms with Crippen LogP contribution in [0.4, 0.5) is 8.78 Å². The third-order valence-corrected chi connectivity index (χ3v) is 4.94. The number of hydrogen-bond acceptors (Lipinski definition) is 3. The standard InChI is InChI=1S/C9H12BrF2N3O2S/c1-15-4-6(10)9(13-15)18(16,17)14-7(8(11)12)5-2-3-5/h4-5,7-8,14H,2-3H2,1H3/t7-/m1/s1. The molecule has 1 aromatic rings. The van der Waals surface area contributed by atoms with Crippen molar-refractivity contribution in [1.29, 1.82) is 0 Å². The summed E-state index contributed by atoms with van der Waals surface area (Å²) in [4.78, 5) is 0. The second-order valence-corrected chi connectivity index (χ2v) is 6.76. The first-order valence-corrected chi connectivity index (χ1v) is 7.58. The third kappa shape index (κ3) is 2.89. The lowest BCUT2D eigenvalue weighted by atomic mass is 10.2. The Hall–Kier alpha value is -0.540. The molecule has 0 bridgehead atoms. The van der Waals surface area contributed by atoms with Crippen molar-refractivity contribution in [3.8, 4) is 0 Å². The van der Waals surface area contributed by atoms with E-state index >= 15 is 0 Å². The van der Waals surface area contributed by atoms with Gasteiger partial charge in [-0.15, -0.1) is 0 Å². The van der Waals surface area contributed by atoms with Gasteiger partial charge in [-0.05, 0) is 34.7 Å². The Morgan fingerprint density at radius 2 is 2.17 bits per heavy atom. The molecule has 1 fully saturated rings. The average molecular weight is 344 g/mol. The van der Waals surface area contributed by atoms with Gasteiger partial charge in [-0.1, -0.05) is 0 Å². The molecule has 0 radical (unpaired) electrons. The van der Waals surface area contributed by atoms with E-state index in [0.29, 0.717) is 12.8 Å². The van der Waals surface area contributed by atoms with E-state index in [-0.39, 0.29) is 15.4 Å². The van der Waals surface area contributed by atoms with Crippen LogP contribution in [-0.2, 0) is 17.1 Å². The zero-order valence-corrected chi connectivity index (χ0v) is 11.9. The van der Waals surface area contributed by atoms with Crippen LogP contribution in [0.15, 0.2) is 15.7 Å². The molecule has 9 heteroatoms. The minimum absolute atomic E-state index is 0.251. The van der Waals surface area contributed by atoms with Crippen molar-refractivity contribution in [2.45, 2.75) is 30.3 Å². The number of nitrogens with zero attached hydrogens (tertiary/aromatic N) is 2. The van der Waals surface area contributed by atoms with Gasteiger partial charge in [-0.3, -0.25) is 4.68 Å². The van der Waals surface area contributed by atoms with E-state index < -0.39 is 22.5 Å². The van der Waals surface area contributed by atoms with E-state index in [4.69, 9.17) is 0 Å². The van der Waals surface area contributed by atoms with Crippen LogP contribution < -0.4 is 4.72 Å². The van der Waals surface area contributed by atoms with E-state index in [1.807, 2.05) is 4.72 Å². The first kappa shape index (κ1) is 13.9. The fourth-order valence-corrected chi connectivity index (χ4v) is 3.99. The normalized spacial score (nSPS) is 18.3. The highest BCUT2D eigenvalue weighted by molar-refractivity contribution is 9.10. The largest absolute Gasteiger partial charge is 0.273 e. The van der Waals surface area contributed by atoms with Crippen LogP contribution in [0, 0.1) is 5.92 Å². The van der Waals surface area contributed by atoms with Crippen molar-refractivity contribution in [1.82, 2.24) is 14.5 Å². The number of nitrogens with one attached hydrogen (secondary N) is 1. The zero-order chi connectivity index (χ0) is 13.5. The summed E-state index contributed by atoms with van der Waals surface area (Å²) >= 11 is 3.04. The molecule has 2 rings (SSSR count). The minimum atomic E-state index is -4.03. The number of sulfonamides is 1. The molecule has 1 aliphatic carbocycles. The number of halogens is 3. The Bertz CT molecular complexity index is 540. The van der Waals surface area contributed by atoms with E-state index in [1.54, 1.807) is 7.05 Å². The number of rotatable bonds is 5. The van der Waals surface area contributed by atoms with Crippen molar-refractivity contribution in [2.75, 3.05) is 0 Å². The smallest absolute Gasteiger partial charge is 0.261 e. The average Bonchev–Trinajstić information content (AvgIpc) is 3.00. The Labute approximate surface area is 112 Å². The maximum Gasteiger partial charge on any atom is 0.261 e. The summed E-state index contributed by atoms with van der Waals surface area (Å²) < 4.78 is 53.1. The van der Waals surface area contributed by atoms with Gasteiger partial charge in [0.2, 0.25) is 5.03 Å². The lowest BCUT2D eigenvalue weighted by Gasteiger charge is -2.16. The van der Waals surface area contributed by atoms with Gasteiger partial charge in [0.1, 0.15) is 0 Å². The van der Waals surface area contributed by atoms with Crippen molar-refractivity contribution >= 4 is 26.0 Å². The molecule has 102 valence electrons. The van der Waals surface area contributed by atoms with E-state index in [1.165, 1.54) is 10.9 Å². The SMILES string of the molecule is Cn1cc(Br)c(S(=O)(=O)N[C@@H](C(F)F)C2CC2)n1. The highest BCUT2D eigenvalue weighted by Crippen LogP contribution is 2.36. The van der Waals surface area contributed by atoms with Gasteiger partial charge in [0.05, 0.1) is 10.5 Å². The van der Waals surface area contributed by atoms with Gasteiger partial charge in [-0.2, -0.15) is 5.10 Å². The molecule has 1 aliphatic rings. The highest BCUT2D eigenvalue weighted by Gasteiger charge is 2.40. The van der Waals surface area contributed by atoms with Crippen molar-refractivity contribution in [3.05, 3.63) is 10.7 Å². The van der Waals surface area contributed by atoms with Gasteiger partial charge in [0.25, 0.3) is 16.4 Å². The molecule has 0 saturated heterocycles. The summed E-state index contributed by atoms with van der Waals surface area (Å²) in [6, 6.07) is -1.33. The van der Waals surface area contributed by atoms with Crippen molar-refractivity contribution in [2.24, 2.45) is 13.0 Å². The highest BCUT2D eigenvalue weighted by atomic mass is 79.9. The Kier molecular flexibility index (Phi) is 3.75. The first-order chi connectivity index (χ1) is 8.31. The Morgan fingerprint density at radius 1 is 1.56 bits per heavy atom. The van der Waals surface area contributed by atoms with Crippen LogP contribution in [0.25, 0.3) is 0 Å². The van der Waals surface area contributed by atoms with Crippen molar-refractivity contribution < 1.29 is 17.2 Å². The summed E-state index contributed by atoms with van der Waals surface area (Å²) in [5.74, 6) is -0.276. The molecule has 1 aromatic heterocycles. The van der Waals surface area contributed by atoms with Crippen LogP contribution in [-0.4, -0.2) is 30.7 Å². The van der Waals surface area contributed by atoms with Gasteiger partial charge < -0.3 is 0 Å². The molecule has 0 spiro atoms. The van der Waals surface area contributed by atoms with Gasteiger partial charge in [0, 0.05) is 13.2 Å². The fraction of sp³-hybridized carbons (Fsp3) is 0.667. The molecule has 1 atom stereocenters. The molecule has 0 aromatic carbocycles. The lowest BCUT2D eigenvalue weighted by molar-refractivity contribution is 0.0989. The quantitative estimate of drug-likeness (QED) is 0.881. The third-order valence-electron chi connectivity index (χ3n) is 2.70. The van der Waals surface area contributed by atoms with Crippen molar-refractivity contribution in [3.63, 3.8) is 0 Å². The fourth-order valence-electron chi connectivity index (χ4n) is 1.66. The monoisotopic (exact) mass is 343 g/mol. The van der Waals surface area contributed by atoms with E-state index in [2.05, 4.69) is 21.0 Å². The predicted octanol–water partition coefficient (Wildman–Crippen LogP) is 1.50. The summed E-state index contributed by atoms with van der Waals surface area (Å²) in [6.45, 7) is 0. The summed E-state index contributed by atoms with van der Waals surface area (Å²) in [5, 5.41) is 3.48. The second-order valence-electron chi connectivity index (χ2n) is 4.27. The molecule has 0 amide bonds. The number of hydrogen-bond donors (Lipinski definition) is 1.